The Bertz CT molecular complexity index is 865. The van der Waals surface area contributed by atoms with Gasteiger partial charge in [-0.2, -0.15) is 0 Å². The number of likely N-dealkylation sites (tertiary alicyclic amines) is 1. The van der Waals surface area contributed by atoms with Crippen molar-refractivity contribution < 1.29 is 14.3 Å². The molecule has 0 aromatic heterocycles. The molecule has 6 heteroatoms. The van der Waals surface area contributed by atoms with Crippen LogP contribution in [0, 0.1) is 18.7 Å². The molecule has 2 aromatic carbocycles. The van der Waals surface area contributed by atoms with Crippen LogP contribution in [-0.4, -0.2) is 41.6 Å². The molecule has 0 radical (unpaired) electrons. The number of benzene rings is 2. The van der Waals surface area contributed by atoms with Crippen molar-refractivity contribution in [3.05, 3.63) is 65.0 Å². The van der Waals surface area contributed by atoms with Crippen LogP contribution in [0.3, 0.4) is 0 Å². The van der Waals surface area contributed by atoms with Crippen LogP contribution >= 0.6 is 0 Å². The molecule has 2 heterocycles. The van der Waals surface area contributed by atoms with E-state index in [4.69, 9.17) is 0 Å². The molecule has 2 fully saturated rings. The summed E-state index contributed by atoms with van der Waals surface area (Å²) < 4.78 is 13.6. The van der Waals surface area contributed by atoms with Gasteiger partial charge in [-0.15, -0.1) is 0 Å². The average molecular weight is 383 g/mol. The number of phenols is 1. The molecule has 0 spiro atoms. The van der Waals surface area contributed by atoms with Gasteiger partial charge in [0.1, 0.15) is 11.6 Å². The maximum Gasteiger partial charge on any atom is 0.254 e. The number of nitrogens with zero attached hydrogens (tertiary/aromatic N) is 1. The van der Waals surface area contributed by atoms with Crippen molar-refractivity contribution >= 4 is 5.91 Å². The van der Waals surface area contributed by atoms with Gasteiger partial charge in [0, 0.05) is 42.7 Å². The second kappa shape index (κ2) is 7.89. The van der Waals surface area contributed by atoms with Gasteiger partial charge in [-0.05, 0) is 55.5 Å². The molecule has 2 aliphatic rings. The van der Waals surface area contributed by atoms with Crippen molar-refractivity contribution in [1.29, 1.82) is 0 Å². The van der Waals surface area contributed by atoms with E-state index in [-0.39, 0.29) is 29.4 Å². The molecule has 2 saturated heterocycles. The van der Waals surface area contributed by atoms with Gasteiger partial charge in [0.25, 0.3) is 5.91 Å². The molecule has 5 nitrogen and oxygen atoms in total. The van der Waals surface area contributed by atoms with Gasteiger partial charge in [-0.3, -0.25) is 15.6 Å². The molecular weight excluding hydrogens is 357 g/mol. The summed E-state index contributed by atoms with van der Waals surface area (Å²) in [5.41, 5.74) is 8.81. The molecule has 3 N–H and O–H groups in total. The molecule has 148 valence electrons. The minimum atomic E-state index is -0.204. The molecule has 1 amide bonds. The smallest absolute Gasteiger partial charge is 0.254 e. The first-order valence-electron chi connectivity index (χ1n) is 9.86. The normalized spacial score (nSPS) is 23.1. The zero-order chi connectivity index (χ0) is 19.7. The molecule has 0 aliphatic carbocycles. The summed E-state index contributed by atoms with van der Waals surface area (Å²) in [5, 5.41) is 9.88. The highest BCUT2D eigenvalue weighted by molar-refractivity contribution is 5.96. The van der Waals surface area contributed by atoms with E-state index in [0.717, 1.165) is 24.9 Å². The monoisotopic (exact) mass is 383 g/mol. The molecule has 4 rings (SSSR count). The van der Waals surface area contributed by atoms with E-state index in [1.807, 2.05) is 11.0 Å². The van der Waals surface area contributed by atoms with Gasteiger partial charge in [0.05, 0.1) is 0 Å². The van der Waals surface area contributed by atoms with Crippen molar-refractivity contribution in [1.82, 2.24) is 15.8 Å². The predicted octanol–water partition coefficient (Wildman–Crippen LogP) is 2.95. The summed E-state index contributed by atoms with van der Waals surface area (Å²) >= 11 is 0. The van der Waals surface area contributed by atoms with Gasteiger partial charge in [0.15, 0.2) is 0 Å². The third-order valence-corrected chi connectivity index (χ3v) is 6.17. The van der Waals surface area contributed by atoms with E-state index in [2.05, 4.69) is 10.9 Å². The van der Waals surface area contributed by atoms with E-state index >= 15 is 0 Å². The topological polar surface area (TPSA) is 64.6 Å². The Morgan fingerprint density at radius 2 is 1.93 bits per heavy atom. The van der Waals surface area contributed by atoms with Crippen molar-refractivity contribution in [3.63, 3.8) is 0 Å². The number of aromatic hydroxyl groups is 1. The molecule has 2 aromatic rings. The third-order valence-electron chi connectivity index (χ3n) is 6.17. The van der Waals surface area contributed by atoms with Crippen LogP contribution in [-0.2, 0) is 0 Å². The van der Waals surface area contributed by atoms with Crippen molar-refractivity contribution in [3.8, 4) is 5.75 Å². The van der Waals surface area contributed by atoms with Crippen molar-refractivity contribution in [2.75, 3.05) is 19.6 Å². The highest BCUT2D eigenvalue weighted by Crippen LogP contribution is 2.33. The van der Waals surface area contributed by atoms with Crippen LogP contribution in [0.4, 0.5) is 4.39 Å². The Labute approximate surface area is 164 Å². The number of piperidine rings is 1. The minimum Gasteiger partial charge on any atom is -0.508 e. The maximum absolute atomic E-state index is 13.6. The van der Waals surface area contributed by atoms with Crippen molar-refractivity contribution in [2.45, 2.75) is 31.7 Å². The van der Waals surface area contributed by atoms with Gasteiger partial charge < -0.3 is 10.0 Å². The number of nitrogens with one attached hydrogen (secondary N) is 2. The van der Waals surface area contributed by atoms with E-state index in [9.17, 15) is 14.3 Å². The largest absolute Gasteiger partial charge is 0.508 e. The SMILES string of the molecule is Cc1c(O)cccc1C(=O)N1CCC(C2NNCC2c2cccc(F)c2)CC1. The first-order valence-corrected chi connectivity index (χ1v) is 9.86. The maximum atomic E-state index is 13.6. The number of carbonyl (C=O) groups excluding carboxylic acids is 1. The van der Waals surface area contributed by atoms with Crippen LogP contribution in [0.15, 0.2) is 42.5 Å². The Hall–Kier alpha value is -2.44. The zero-order valence-electron chi connectivity index (χ0n) is 16.0. The number of carbonyl (C=O) groups is 1. The van der Waals surface area contributed by atoms with E-state index in [0.29, 0.717) is 30.1 Å². The Morgan fingerprint density at radius 3 is 2.68 bits per heavy atom. The number of hydrogen-bond acceptors (Lipinski definition) is 4. The zero-order valence-corrected chi connectivity index (χ0v) is 16.0. The predicted molar refractivity (Wildman–Crippen MR) is 106 cm³/mol. The fraction of sp³-hybridized carbons (Fsp3) is 0.409. The van der Waals surface area contributed by atoms with Crippen molar-refractivity contribution in [2.24, 2.45) is 5.92 Å². The second-order valence-electron chi connectivity index (χ2n) is 7.79. The van der Waals surface area contributed by atoms with Gasteiger partial charge in [0.2, 0.25) is 0 Å². The fourth-order valence-electron chi connectivity index (χ4n) is 4.51. The summed E-state index contributed by atoms with van der Waals surface area (Å²) in [6.07, 6.45) is 1.80. The van der Waals surface area contributed by atoms with E-state index in [1.54, 1.807) is 37.3 Å². The van der Waals surface area contributed by atoms with Crippen LogP contribution < -0.4 is 10.9 Å². The fourth-order valence-corrected chi connectivity index (χ4v) is 4.51. The number of hydrazine groups is 1. The lowest BCUT2D eigenvalue weighted by atomic mass is 9.80. The van der Waals surface area contributed by atoms with Crippen LogP contribution in [0.25, 0.3) is 0 Å². The quantitative estimate of drug-likeness (QED) is 0.763. The molecule has 2 atom stereocenters. The Balaban J connectivity index is 1.42. The van der Waals surface area contributed by atoms with E-state index in [1.165, 1.54) is 6.07 Å². The lowest BCUT2D eigenvalue weighted by Crippen LogP contribution is -2.45. The highest BCUT2D eigenvalue weighted by atomic mass is 19.1. The lowest BCUT2D eigenvalue weighted by Gasteiger charge is -2.36. The minimum absolute atomic E-state index is 0.0222. The number of rotatable bonds is 3. The summed E-state index contributed by atoms with van der Waals surface area (Å²) in [6.45, 7) is 3.92. The summed E-state index contributed by atoms with van der Waals surface area (Å²) in [4.78, 5) is 14.7. The number of amides is 1. The molecule has 2 aliphatic heterocycles. The first kappa shape index (κ1) is 18.9. The molecular formula is C22H26FN3O2. The Morgan fingerprint density at radius 1 is 1.18 bits per heavy atom. The third kappa shape index (κ3) is 3.62. The highest BCUT2D eigenvalue weighted by Gasteiger charge is 2.37. The van der Waals surface area contributed by atoms with Gasteiger partial charge in [-0.1, -0.05) is 18.2 Å². The summed E-state index contributed by atoms with van der Waals surface area (Å²) in [6, 6.07) is 12.1. The average Bonchev–Trinajstić information content (AvgIpc) is 3.20. The molecule has 28 heavy (non-hydrogen) atoms. The molecule has 0 saturated carbocycles. The van der Waals surface area contributed by atoms with Crippen LogP contribution in [0.1, 0.15) is 40.2 Å². The first-order chi connectivity index (χ1) is 13.5. The van der Waals surface area contributed by atoms with Gasteiger partial charge >= 0.3 is 0 Å². The van der Waals surface area contributed by atoms with Crippen LogP contribution in [0.2, 0.25) is 0 Å². The van der Waals surface area contributed by atoms with Gasteiger partial charge in [-0.25, -0.2) is 4.39 Å². The molecule has 2 unspecified atom stereocenters. The lowest BCUT2D eigenvalue weighted by molar-refractivity contribution is 0.0669. The number of halogens is 1. The number of hydrogen-bond donors (Lipinski definition) is 3. The summed E-state index contributed by atoms with van der Waals surface area (Å²) in [7, 11) is 0. The van der Waals surface area contributed by atoms with Crippen LogP contribution in [0.5, 0.6) is 5.75 Å². The summed E-state index contributed by atoms with van der Waals surface area (Å²) in [5.74, 6) is 0.560. The second-order valence-corrected chi connectivity index (χ2v) is 7.79. The molecule has 0 bridgehead atoms. The van der Waals surface area contributed by atoms with E-state index < -0.39 is 0 Å². The standard InChI is InChI=1S/C22H26FN3O2/c1-14-18(6-3-7-20(14)27)22(28)26-10-8-15(9-11-26)21-19(13-24-25-21)16-4-2-5-17(23)12-16/h2-7,12,15,19,21,24-25,27H,8-11,13H2,1H3. The Kier molecular flexibility index (Phi) is 5.33. The number of phenolic OH excluding ortho intramolecular Hbond substituents is 1.